The molecule has 1 fully saturated rings. The maximum atomic E-state index is 14.8. The van der Waals surface area contributed by atoms with Gasteiger partial charge in [0.25, 0.3) is 0 Å². The van der Waals surface area contributed by atoms with Crippen molar-refractivity contribution in [2.45, 2.75) is 73.1 Å². The number of carbonyl (C=O) groups excluding carboxylic acids is 1. The number of benzene rings is 1. The SMILES string of the molecule is C[C@@H]1CN(C2=N[P+](C)(O)N(CC(C)(C)C)c3nc(-c4ccccc4F)c(Cl)cc32)[C@@H](C)CN1C(=O)OC(C)(C)C. The largest absolute Gasteiger partial charge is 0.444 e. The van der Waals surface area contributed by atoms with Crippen molar-refractivity contribution in [3.8, 4) is 11.3 Å². The Balaban J connectivity index is 1.80. The average molecular weight is 593 g/mol. The number of piperazine rings is 1. The smallest absolute Gasteiger partial charge is 0.410 e. The van der Waals surface area contributed by atoms with Crippen molar-refractivity contribution in [3.63, 3.8) is 0 Å². The van der Waals surface area contributed by atoms with Gasteiger partial charge in [-0.1, -0.05) is 49.3 Å². The molecule has 0 saturated carbocycles. The number of pyridine rings is 1. The van der Waals surface area contributed by atoms with Crippen molar-refractivity contribution in [1.82, 2.24) is 14.8 Å². The third-order valence-electron chi connectivity index (χ3n) is 6.82. The topological polar surface area (TPSA) is 81.5 Å². The Bertz CT molecular complexity index is 1320. The molecule has 3 heterocycles. The van der Waals surface area contributed by atoms with E-state index in [-0.39, 0.29) is 23.6 Å². The minimum absolute atomic E-state index is 0.130. The number of amides is 1. The Morgan fingerprint density at radius 1 is 1.12 bits per heavy atom. The van der Waals surface area contributed by atoms with Crippen molar-refractivity contribution in [2.24, 2.45) is 10.2 Å². The number of ether oxygens (including phenoxy) is 1. The summed E-state index contributed by atoms with van der Waals surface area (Å²) in [5.41, 5.74) is 0.498. The molecule has 40 heavy (non-hydrogen) atoms. The number of hydrogen-bond acceptors (Lipinski definition) is 7. The molecule has 218 valence electrons. The van der Waals surface area contributed by atoms with E-state index in [2.05, 4.69) is 25.7 Å². The van der Waals surface area contributed by atoms with E-state index in [1.165, 1.54) is 6.07 Å². The van der Waals surface area contributed by atoms with Gasteiger partial charge in [-0.05, 0) is 58.2 Å². The number of hydrogen-bond donors (Lipinski definition) is 1. The third-order valence-corrected chi connectivity index (χ3v) is 8.92. The summed E-state index contributed by atoms with van der Waals surface area (Å²) in [6.07, 6.45) is -0.354. The molecule has 0 radical (unpaired) electrons. The van der Waals surface area contributed by atoms with Gasteiger partial charge in [0.05, 0.1) is 22.8 Å². The molecule has 4 rings (SSSR count). The first-order chi connectivity index (χ1) is 18.4. The van der Waals surface area contributed by atoms with Gasteiger partial charge < -0.3 is 14.5 Å². The molecular weight excluding hydrogens is 552 g/mol. The molecule has 3 atom stereocenters. The fourth-order valence-corrected chi connectivity index (χ4v) is 7.16. The molecule has 8 nitrogen and oxygen atoms in total. The lowest BCUT2D eigenvalue weighted by Crippen LogP contribution is -2.60. The summed E-state index contributed by atoms with van der Waals surface area (Å²) >= 11 is 6.77. The molecule has 1 unspecified atom stereocenters. The normalized spacial score (nSPS) is 23.6. The van der Waals surface area contributed by atoms with Gasteiger partial charge in [0.2, 0.25) is 0 Å². The number of carbonyl (C=O) groups is 1. The molecule has 11 heteroatoms. The predicted molar refractivity (Wildman–Crippen MR) is 162 cm³/mol. The summed E-state index contributed by atoms with van der Waals surface area (Å²) in [5.74, 6) is 0.678. The zero-order chi connectivity index (χ0) is 29.8. The zero-order valence-corrected chi connectivity index (χ0v) is 26.5. The molecular formula is C29H41ClFN5O3P+. The lowest BCUT2D eigenvalue weighted by molar-refractivity contribution is 0.000504. The highest BCUT2D eigenvalue weighted by molar-refractivity contribution is 7.70. The highest BCUT2D eigenvalue weighted by atomic mass is 35.5. The standard InChI is InChI=1S/C29H41ClFN5O3P/c1-18-16-35(27(37)39-29(6,7)8)19(2)15-34(18)26-21-14-22(30)24(20-12-10-11-13-23(20)31)32-25(21)36(17-28(3,4)5)40(9,38)33-26/h10-14,18-19,38H,15-17H2,1-9H3/q+1/t18-,19+,40?/m0/s1. The van der Waals surface area contributed by atoms with Crippen LogP contribution in [0, 0.1) is 11.2 Å². The lowest BCUT2D eigenvalue weighted by Gasteiger charge is -2.46. The predicted octanol–water partition coefficient (Wildman–Crippen LogP) is 6.87. The van der Waals surface area contributed by atoms with Gasteiger partial charge in [-0.3, -0.25) is 0 Å². The van der Waals surface area contributed by atoms with Crippen LogP contribution in [0.4, 0.5) is 15.0 Å². The van der Waals surface area contributed by atoms with E-state index in [1.807, 2.05) is 39.3 Å². The van der Waals surface area contributed by atoms with Gasteiger partial charge in [0.15, 0.2) is 11.7 Å². The van der Waals surface area contributed by atoms with Crippen LogP contribution in [0.3, 0.4) is 0 Å². The first-order valence-electron chi connectivity index (χ1n) is 13.6. The van der Waals surface area contributed by atoms with Crippen molar-refractivity contribution in [1.29, 1.82) is 0 Å². The van der Waals surface area contributed by atoms with Gasteiger partial charge in [-0.25, -0.2) is 19.1 Å². The first-order valence-corrected chi connectivity index (χ1v) is 16.0. The van der Waals surface area contributed by atoms with Crippen molar-refractivity contribution in [2.75, 3.05) is 31.0 Å². The second-order valence-corrected chi connectivity index (χ2v) is 15.9. The van der Waals surface area contributed by atoms with E-state index >= 15 is 0 Å². The van der Waals surface area contributed by atoms with E-state index < -0.39 is 19.2 Å². The lowest BCUT2D eigenvalue weighted by atomic mass is 9.96. The Morgan fingerprint density at radius 2 is 1.77 bits per heavy atom. The van der Waals surface area contributed by atoms with Crippen LogP contribution in [0.2, 0.25) is 5.02 Å². The number of rotatable bonds is 2. The Kier molecular flexibility index (Phi) is 8.18. The van der Waals surface area contributed by atoms with Crippen molar-refractivity contribution in [3.05, 3.63) is 46.7 Å². The van der Waals surface area contributed by atoms with Gasteiger partial charge in [-0.15, -0.1) is 0 Å². The van der Waals surface area contributed by atoms with Crippen LogP contribution in [0.1, 0.15) is 61.0 Å². The number of aromatic nitrogens is 1. The van der Waals surface area contributed by atoms with Gasteiger partial charge in [0, 0.05) is 30.7 Å². The maximum Gasteiger partial charge on any atom is 0.410 e. The highest BCUT2D eigenvalue weighted by Gasteiger charge is 2.50. The van der Waals surface area contributed by atoms with Gasteiger partial charge >= 0.3 is 13.9 Å². The minimum Gasteiger partial charge on any atom is -0.444 e. The summed E-state index contributed by atoms with van der Waals surface area (Å²) in [6.45, 7) is 18.9. The Hall–Kier alpha value is -2.48. The fourth-order valence-electron chi connectivity index (χ4n) is 5.02. The molecule has 1 aromatic carbocycles. The molecule has 2 aliphatic rings. The summed E-state index contributed by atoms with van der Waals surface area (Å²) < 4.78 is 27.3. The minimum atomic E-state index is -3.07. The molecule has 2 aliphatic heterocycles. The van der Waals surface area contributed by atoms with E-state index in [4.69, 9.17) is 26.1 Å². The van der Waals surface area contributed by atoms with Crippen LogP contribution >= 0.6 is 19.4 Å². The number of halogens is 2. The second kappa shape index (κ2) is 10.7. The molecule has 2 aromatic rings. The van der Waals surface area contributed by atoms with E-state index in [0.29, 0.717) is 53.1 Å². The van der Waals surface area contributed by atoms with Crippen LogP contribution in [0.5, 0.6) is 0 Å². The molecule has 1 amide bonds. The van der Waals surface area contributed by atoms with Crippen LogP contribution < -0.4 is 4.67 Å². The molecule has 0 spiro atoms. The third kappa shape index (κ3) is 6.37. The molecule has 0 bridgehead atoms. The fraction of sp³-hybridized carbons (Fsp3) is 0.552. The van der Waals surface area contributed by atoms with Crippen LogP contribution in [-0.4, -0.2) is 75.6 Å². The molecule has 0 aliphatic carbocycles. The van der Waals surface area contributed by atoms with Crippen molar-refractivity contribution >= 4 is 37.1 Å². The van der Waals surface area contributed by atoms with E-state index in [1.54, 1.807) is 35.8 Å². The number of anilines is 1. The van der Waals surface area contributed by atoms with E-state index in [9.17, 15) is 14.1 Å². The van der Waals surface area contributed by atoms with Gasteiger partial charge in [-0.2, -0.15) is 4.67 Å². The Labute approximate surface area is 242 Å². The molecule has 1 N–H and O–H groups in total. The quantitative estimate of drug-likeness (QED) is 0.383. The summed E-state index contributed by atoms with van der Waals surface area (Å²) in [6, 6.07) is 7.86. The monoisotopic (exact) mass is 592 g/mol. The van der Waals surface area contributed by atoms with E-state index in [0.717, 1.165) is 0 Å². The van der Waals surface area contributed by atoms with Crippen LogP contribution in [0.15, 0.2) is 35.1 Å². The number of fused-ring (bicyclic) bond motifs is 1. The summed E-state index contributed by atoms with van der Waals surface area (Å²) in [5, 5.41) is 0.292. The van der Waals surface area contributed by atoms with Crippen molar-refractivity contribution < 1.29 is 18.8 Å². The molecule has 1 aromatic heterocycles. The first kappa shape index (κ1) is 30.5. The zero-order valence-electron chi connectivity index (χ0n) is 24.9. The summed E-state index contributed by atoms with van der Waals surface area (Å²) in [4.78, 5) is 33.5. The van der Waals surface area contributed by atoms with Crippen LogP contribution in [0.25, 0.3) is 11.3 Å². The number of nitrogens with zero attached hydrogens (tertiary/aromatic N) is 5. The van der Waals surface area contributed by atoms with Crippen LogP contribution in [-0.2, 0) is 4.74 Å². The Morgan fingerprint density at radius 3 is 2.38 bits per heavy atom. The maximum absolute atomic E-state index is 14.8. The number of amidine groups is 1. The molecule has 1 saturated heterocycles. The van der Waals surface area contributed by atoms with Gasteiger partial charge in [0.1, 0.15) is 18.1 Å². The summed E-state index contributed by atoms with van der Waals surface area (Å²) in [7, 11) is -3.07. The average Bonchev–Trinajstić information content (AvgIpc) is 2.80. The highest BCUT2D eigenvalue weighted by Crippen LogP contribution is 2.62. The second-order valence-electron chi connectivity index (χ2n) is 13.1.